The fraction of sp³-hybridized carbons (Fsp3) is 0.423. The molecular weight excluding hydrogens is 450 g/mol. The highest BCUT2D eigenvalue weighted by molar-refractivity contribution is 5.98. The topological polar surface area (TPSA) is 97.4 Å². The Morgan fingerprint density at radius 3 is 2.49 bits per heavy atom. The van der Waals surface area contributed by atoms with E-state index >= 15 is 0 Å². The lowest BCUT2D eigenvalue weighted by molar-refractivity contribution is 0.0635. The summed E-state index contributed by atoms with van der Waals surface area (Å²) in [4.78, 5) is 41.4. The number of carbonyl (C=O) groups excluding carboxylic acids is 3. The van der Waals surface area contributed by atoms with Gasteiger partial charge in [-0.25, -0.2) is 9.59 Å². The molecule has 1 fully saturated rings. The van der Waals surface area contributed by atoms with Crippen molar-refractivity contribution in [2.75, 3.05) is 30.4 Å². The number of para-hydroxylation sites is 1. The maximum absolute atomic E-state index is 13.3. The summed E-state index contributed by atoms with van der Waals surface area (Å²) < 4.78 is 16.1. The first-order valence-electron chi connectivity index (χ1n) is 11.7. The van der Waals surface area contributed by atoms with Gasteiger partial charge in [-0.15, -0.1) is 0 Å². The Morgan fingerprint density at radius 2 is 1.80 bits per heavy atom. The van der Waals surface area contributed by atoms with E-state index < -0.39 is 11.7 Å². The smallest absolute Gasteiger partial charge is 0.414 e. The Morgan fingerprint density at radius 1 is 1.09 bits per heavy atom. The number of nitrogens with zero attached hydrogens (tertiary/aromatic N) is 2. The quantitative estimate of drug-likeness (QED) is 0.674. The first kappa shape index (κ1) is 24.4. The monoisotopic (exact) mass is 481 g/mol. The summed E-state index contributed by atoms with van der Waals surface area (Å²) in [5.74, 6) is 0.199. The van der Waals surface area contributed by atoms with Crippen molar-refractivity contribution in [3.63, 3.8) is 0 Å². The second kappa shape index (κ2) is 9.85. The number of hydrogen-bond acceptors (Lipinski definition) is 6. The number of methoxy groups -OCH3 is 1. The van der Waals surface area contributed by atoms with Gasteiger partial charge in [-0.2, -0.15) is 0 Å². The van der Waals surface area contributed by atoms with E-state index in [4.69, 9.17) is 14.2 Å². The molecule has 0 atom stereocenters. The molecule has 2 aromatic carbocycles. The van der Waals surface area contributed by atoms with E-state index in [1.165, 1.54) is 7.11 Å². The number of carbonyl (C=O) groups is 3. The van der Waals surface area contributed by atoms with Gasteiger partial charge in [0.05, 0.1) is 18.4 Å². The van der Waals surface area contributed by atoms with E-state index in [2.05, 4.69) is 5.32 Å². The predicted molar refractivity (Wildman–Crippen MR) is 131 cm³/mol. The van der Waals surface area contributed by atoms with E-state index in [0.29, 0.717) is 42.9 Å². The lowest BCUT2D eigenvalue weighted by atomic mass is 10.00. The number of anilines is 2. The molecular formula is C26H31N3O6. The van der Waals surface area contributed by atoms with E-state index in [0.717, 1.165) is 11.3 Å². The van der Waals surface area contributed by atoms with Crippen LogP contribution < -0.4 is 15.0 Å². The van der Waals surface area contributed by atoms with E-state index in [-0.39, 0.29) is 24.6 Å². The Balaban J connectivity index is 1.42. The van der Waals surface area contributed by atoms with Gasteiger partial charge in [0, 0.05) is 36.4 Å². The number of rotatable bonds is 4. The van der Waals surface area contributed by atoms with Gasteiger partial charge >= 0.3 is 12.2 Å². The molecule has 35 heavy (non-hydrogen) atoms. The van der Waals surface area contributed by atoms with Gasteiger partial charge in [0.1, 0.15) is 18.0 Å². The fourth-order valence-electron chi connectivity index (χ4n) is 4.39. The number of fused-ring (bicyclic) bond motifs is 1. The molecule has 3 amide bonds. The summed E-state index contributed by atoms with van der Waals surface area (Å²) in [6.45, 7) is 6.62. The van der Waals surface area contributed by atoms with Crippen molar-refractivity contribution in [1.29, 1.82) is 0 Å². The standard InChI is InChI=1S/C26H31N3O6/c1-26(2,3)35-24(31)27-18-9-10-20(22(15-18)33-4)23(30)28-13-11-19(12-14-28)29-21-8-6-5-7-17(21)16-34-25(29)32/h5-10,15,19H,11-14,16H2,1-4H3,(H,27,31). The highest BCUT2D eigenvalue weighted by Gasteiger charge is 2.35. The van der Waals surface area contributed by atoms with Crippen molar-refractivity contribution in [3.8, 4) is 5.75 Å². The molecule has 0 unspecified atom stereocenters. The summed E-state index contributed by atoms with van der Waals surface area (Å²) in [5.41, 5.74) is 2.11. The SMILES string of the molecule is COc1cc(NC(=O)OC(C)(C)C)ccc1C(=O)N1CCC(N2C(=O)OCc3ccccc32)CC1. The Hall–Kier alpha value is -3.75. The number of likely N-dealkylation sites (tertiary alicyclic amines) is 1. The molecule has 4 rings (SSSR count). The number of ether oxygens (including phenoxy) is 3. The molecule has 0 aromatic heterocycles. The minimum Gasteiger partial charge on any atom is -0.496 e. The number of amides is 3. The molecule has 0 radical (unpaired) electrons. The second-order valence-corrected chi connectivity index (χ2v) is 9.62. The normalized spacial score (nSPS) is 16.3. The molecule has 1 saturated heterocycles. The molecule has 0 bridgehead atoms. The maximum atomic E-state index is 13.3. The zero-order valence-electron chi connectivity index (χ0n) is 20.5. The first-order valence-corrected chi connectivity index (χ1v) is 11.7. The second-order valence-electron chi connectivity index (χ2n) is 9.62. The lowest BCUT2D eigenvalue weighted by Gasteiger charge is -2.40. The number of benzene rings is 2. The van der Waals surface area contributed by atoms with Crippen LogP contribution in [0, 0.1) is 0 Å². The lowest BCUT2D eigenvalue weighted by Crippen LogP contribution is -2.50. The van der Waals surface area contributed by atoms with Crippen molar-refractivity contribution in [1.82, 2.24) is 4.90 Å². The van der Waals surface area contributed by atoms with Gasteiger partial charge in [-0.1, -0.05) is 18.2 Å². The third-order valence-corrected chi connectivity index (χ3v) is 5.99. The van der Waals surface area contributed by atoms with Crippen LogP contribution in [0.2, 0.25) is 0 Å². The van der Waals surface area contributed by atoms with Gasteiger partial charge in [-0.05, 0) is 51.8 Å². The molecule has 2 aromatic rings. The van der Waals surface area contributed by atoms with Gasteiger partial charge in [0.2, 0.25) is 0 Å². The largest absolute Gasteiger partial charge is 0.496 e. The summed E-state index contributed by atoms with van der Waals surface area (Å²) >= 11 is 0. The Labute approximate surface area is 204 Å². The maximum Gasteiger partial charge on any atom is 0.414 e. The van der Waals surface area contributed by atoms with Crippen LogP contribution in [0.5, 0.6) is 5.75 Å². The van der Waals surface area contributed by atoms with Crippen LogP contribution >= 0.6 is 0 Å². The van der Waals surface area contributed by atoms with Crippen molar-refractivity contribution < 1.29 is 28.6 Å². The van der Waals surface area contributed by atoms with Crippen molar-refractivity contribution in [2.24, 2.45) is 0 Å². The first-order chi connectivity index (χ1) is 16.7. The van der Waals surface area contributed by atoms with Crippen LogP contribution in [0.25, 0.3) is 0 Å². The predicted octanol–water partition coefficient (Wildman–Crippen LogP) is 4.80. The van der Waals surface area contributed by atoms with E-state index in [1.54, 1.807) is 48.8 Å². The van der Waals surface area contributed by atoms with Gasteiger partial charge in [0.25, 0.3) is 5.91 Å². The fourth-order valence-corrected chi connectivity index (χ4v) is 4.39. The molecule has 9 heteroatoms. The molecule has 9 nitrogen and oxygen atoms in total. The minimum absolute atomic E-state index is 0.0460. The molecule has 0 aliphatic carbocycles. The Bertz CT molecular complexity index is 1120. The third-order valence-electron chi connectivity index (χ3n) is 5.99. The van der Waals surface area contributed by atoms with Gasteiger partial charge < -0.3 is 19.1 Å². The number of nitrogens with one attached hydrogen (secondary N) is 1. The molecule has 2 aliphatic rings. The van der Waals surface area contributed by atoms with E-state index in [9.17, 15) is 14.4 Å². The average Bonchev–Trinajstić information content (AvgIpc) is 2.82. The van der Waals surface area contributed by atoms with Crippen LogP contribution in [0.3, 0.4) is 0 Å². The summed E-state index contributed by atoms with van der Waals surface area (Å²) in [7, 11) is 1.48. The summed E-state index contributed by atoms with van der Waals surface area (Å²) in [5, 5.41) is 2.66. The average molecular weight is 482 g/mol. The molecule has 2 heterocycles. The molecule has 186 valence electrons. The minimum atomic E-state index is -0.622. The number of hydrogen-bond donors (Lipinski definition) is 1. The van der Waals surface area contributed by atoms with Crippen LogP contribution in [-0.2, 0) is 16.1 Å². The summed E-state index contributed by atoms with van der Waals surface area (Å²) in [6.07, 6.45) is 0.340. The van der Waals surface area contributed by atoms with Crippen molar-refractivity contribution in [2.45, 2.75) is 51.9 Å². The van der Waals surface area contributed by atoms with Crippen molar-refractivity contribution >= 4 is 29.5 Å². The van der Waals surface area contributed by atoms with Crippen LogP contribution in [-0.4, -0.2) is 54.8 Å². The zero-order chi connectivity index (χ0) is 25.2. The van der Waals surface area contributed by atoms with Gasteiger partial charge in [-0.3, -0.25) is 15.0 Å². The van der Waals surface area contributed by atoms with Crippen LogP contribution in [0.15, 0.2) is 42.5 Å². The van der Waals surface area contributed by atoms with Crippen LogP contribution in [0.1, 0.15) is 49.5 Å². The molecule has 0 spiro atoms. The highest BCUT2D eigenvalue weighted by Crippen LogP contribution is 2.33. The van der Waals surface area contributed by atoms with Crippen LogP contribution in [0.4, 0.5) is 21.0 Å². The summed E-state index contributed by atoms with van der Waals surface area (Å²) in [6, 6.07) is 12.6. The molecule has 0 saturated carbocycles. The molecule has 1 N–H and O–H groups in total. The van der Waals surface area contributed by atoms with Crippen molar-refractivity contribution in [3.05, 3.63) is 53.6 Å². The van der Waals surface area contributed by atoms with E-state index in [1.807, 2.05) is 24.3 Å². The molecule has 2 aliphatic heterocycles. The highest BCUT2D eigenvalue weighted by atomic mass is 16.6. The third kappa shape index (κ3) is 5.50. The number of piperidine rings is 1. The van der Waals surface area contributed by atoms with Gasteiger partial charge in [0.15, 0.2) is 0 Å². The Kier molecular flexibility index (Phi) is 6.86. The zero-order valence-corrected chi connectivity index (χ0v) is 20.5. The number of cyclic esters (lactones) is 1.